The van der Waals surface area contributed by atoms with E-state index in [2.05, 4.69) is 15.6 Å². The highest BCUT2D eigenvalue weighted by molar-refractivity contribution is 6.04. The van der Waals surface area contributed by atoms with Crippen LogP contribution < -0.4 is 10.6 Å². The lowest BCUT2D eigenvalue weighted by Crippen LogP contribution is -2.19. The van der Waals surface area contributed by atoms with Crippen molar-refractivity contribution in [3.8, 4) is 0 Å². The van der Waals surface area contributed by atoms with Crippen LogP contribution in [0.3, 0.4) is 0 Å². The number of hydrogen-bond acceptors (Lipinski definition) is 2. The molecule has 2 aromatic carbocycles. The van der Waals surface area contributed by atoms with Gasteiger partial charge in [0.1, 0.15) is 6.04 Å². The van der Waals surface area contributed by atoms with Gasteiger partial charge in [-0.25, -0.2) is 0 Å². The second-order valence-electron chi connectivity index (χ2n) is 4.93. The highest BCUT2D eigenvalue weighted by atomic mass is 16.2. The van der Waals surface area contributed by atoms with Gasteiger partial charge < -0.3 is 15.6 Å². The molecule has 1 amide bonds. The normalized spacial score (nSPS) is 17.0. The van der Waals surface area contributed by atoms with E-state index < -0.39 is 0 Å². The topological polar surface area (TPSA) is 56.9 Å². The first-order valence-corrected chi connectivity index (χ1v) is 6.55. The summed E-state index contributed by atoms with van der Waals surface area (Å²) in [7, 11) is 0. The lowest BCUT2D eigenvalue weighted by molar-refractivity contribution is -0.116. The van der Waals surface area contributed by atoms with E-state index in [9.17, 15) is 4.79 Å². The first-order chi connectivity index (χ1) is 9.81. The Balaban J connectivity index is 1.70. The molecule has 0 fully saturated rings. The predicted molar refractivity (Wildman–Crippen MR) is 79.7 cm³/mol. The maximum atomic E-state index is 12.1. The third-order valence-electron chi connectivity index (χ3n) is 3.66. The van der Waals surface area contributed by atoms with Crippen LogP contribution in [0.15, 0.2) is 54.7 Å². The van der Waals surface area contributed by atoms with E-state index in [0.29, 0.717) is 0 Å². The molecule has 4 heteroatoms. The van der Waals surface area contributed by atoms with E-state index in [1.807, 2.05) is 54.7 Å². The molecular weight excluding hydrogens is 250 g/mol. The first kappa shape index (κ1) is 11.1. The molecular formula is C16H13N3O. The van der Waals surface area contributed by atoms with Gasteiger partial charge in [0.05, 0.1) is 0 Å². The number of aromatic nitrogens is 1. The Kier molecular flexibility index (Phi) is 2.29. The van der Waals surface area contributed by atoms with Crippen molar-refractivity contribution in [3.63, 3.8) is 0 Å². The number of H-pyrrole nitrogens is 1. The zero-order valence-corrected chi connectivity index (χ0v) is 10.7. The van der Waals surface area contributed by atoms with Crippen molar-refractivity contribution in [2.75, 3.05) is 10.6 Å². The first-order valence-electron chi connectivity index (χ1n) is 6.55. The van der Waals surface area contributed by atoms with Crippen LogP contribution in [0.5, 0.6) is 0 Å². The van der Waals surface area contributed by atoms with E-state index in [0.717, 1.165) is 27.8 Å². The number of rotatable bonds is 2. The molecule has 1 aliphatic heterocycles. The third kappa shape index (κ3) is 1.66. The number of fused-ring (bicyclic) bond motifs is 2. The molecule has 0 spiro atoms. The smallest absolute Gasteiger partial charge is 0.251 e. The molecule has 1 aromatic heterocycles. The van der Waals surface area contributed by atoms with Crippen molar-refractivity contribution in [1.29, 1.82) is 0 Å². The highest BCUT2D eigenvalue weighted by Gasteiger charge is 2.29. The lowest BCUT2D eigenvalue weighted by Gasteiger charge is -2.13. The number of para-hydroxylation sites is 1. The van der Waals surface area contributed by atoms with E-state index in [-0.39, 0.29) is 11.9 Å². The van der Waals surface area contributed by atoms with Crippen LogP contribution in [-0.4, -0.2) is 10.9 Å². The number of aromatic amines is 1. The average Bonchev–Trinajstić information content (AvgIpc) is 3.04. The number of anilines is 2. The van der Waals surface area contributed by atoms with Gasteiger partial charge in [0, 0.05) is 34.0 Å². The molecule has 20 heavy (non-hydrogen) atoms. The van der Waals surface area contributed by atoms with E-state index in [1.54, 1.807) is 0 Å². The Morgan fingerprint density at radius 2 is 1.95 bits per heavy atom. The van der Waals surface area contributed by atoms with Crippen molar-refractivity contribution < 1.29 is 4.79 Å². The zero-order valence-electron chi connectivity index (χ0n) is 10.7. The fourth-order valence-electron chi connectivity index (χ4n) is 2.66. The van der Waals surface area contributed by atoms with Crippen molar-refractivity contribution in [2.45, 2.75) is 6.04 Å². The summed E-state index contributed by atoms with van der Waals surface area (Å²) < 4.78 is 0. The number of benzene rings is 2. The molecule has 2 heterocycles. The number of hydrogen-bond donors (Lipinski definition) is 3. The maximum Gasteiger partial charge on any atom is 0.251 e. The second kappa shape index (κ2) is 4.13. The SMILES string of the molecule is O=C1Nc2ccccc2C1Nc1ccc2[nH]ccc2c1. The fourth-order valence-corrected chi connectivity index (χ4v) is 2.66. The molecule has 1 atom stereocenters. The van der Waals surface area contributed by atoms with Crippen LogP contribution in [0.2, 0.25) is 0 Å². The average molecular weight is 263 g/mol. The third-order valence-corrected chi connectivity index (χ3v) is 3.66. The summed E-state index contributed by atoms with van der Waals surface area (Å²) >= 11 is 0. The number of amides is 1. The Bertz CT molecular complexity index is 806. The van der Waals surface area contributed by atoms with Crippen LogP contribution in [-0.2, 0) is 4.79 Å². The van der Waals surface area contributed by atoms with Crippen LogP contribution in [0.1, 0.15) is 11.6 Å². The molecule has 1 aliphatic rings. The summed E-state index contributed by atoms with van der Waals surface area (Å²) in [4.78, 5) is 15.2. The Morgan fingerprint density at radius 3 is 2.90 bits per heavy atom. The van der Waals surface area contributed by atoms with Crippen LogP contribution in [0.4, 0.5) is 11.4 Å². The zero-order chi connectivity index (χ0) is 13.5. The Morgan fingerprint density at radius 1 is 1.05 bits per heavy atom. The van der Waals surface area contributed by atoms with Gasteiger partial charge in [-0.05, 0) is 30.3 Å². The molecule has 4 nitrogen and oxygen atoms in total. The molecule has 3 N–H and O–H groups in total. The van der Waals surface area contributed by atoms with Crippen LogP contribution in [0, 0.1) is 0 Å². The molecule has 1 unspecified atom stereocenters. The summed E-state index contributed by atoms with van der Waals surface area (Å²) in [5, 5.41) is 7.32. The Labute approximate surface area is 115 Å². The monoisotopic (exact) mass is 263 g/mol. The van der Waals surface area contributed by atoms with Crippen molar-refractivity contribution in [3.05, 3.63) is 60.3 Å². The summed E-state index contributed by atoms with van der Waals surface area (Å²) in [6, 6.07) is 15.5. The van der Waals surface area contributed by atoms with Gasteiger partial charge in [0.2, 0.25) is 0 Å². The maximum absolute atomic E-state index is 12.1. The van der Waals surface area contributed by atoms with Gasteiger partial charge in [0.15, 0.2) is 0 Å². The largest absolute Gasteiger partial charge is 0.370 e. The Hall–Kier alpha value is -2.75. The second-order valence-corrected chi connectivity index (χ2v) is 4.93. The number of carbonyl (C=O) groups excluding carboxylic acids is 1. The van der Waals surface area contributed by atoms with E-state index >= 15 is 0 Å². The molecule has 0 bridgehead atoms. The number of nitrogens with one attached hydrogen (secondary N) is 3. The molecule has 98 valence electrons. The van der Waals surface area contributed by atoms with Gasteiger partial charge in [-0.15, -0.1) is 0 Å². The van der Waals surface area contributed by atoms with Gasteiger partial charge in [0.25, 0.3) is 5.91 Å². The number of carbonyl (C=O) groups is 1. The van der Waals surface area contributed by atoms with Crippen molar-refractivity contribution >= 4 is 28.2 Å². The van der Waals surface area contributed by atoms with Gasteiger partial charge in [-0.2, -0.15) is 0 Å². The van der Waals surface area contributed by atoms with E-state index in [4.69, 9.17) is 0 Å². The van der Waals surface area contributed by atoms with Crippen LogP contribution in [0.25, 0.3) is 10.9 Å². The molecule has 3 aromatic rings. The van der Waals surface area contributed by atoms with Crippen molar-refractivity contribution in [2.24, 2.45) is 0 Å². The molecule has 0 radical (unpaired) electrons. The standard InChI is InChI=1S/C16H13N3O/c20-16-15(12-3-1-2-4-14(12)19-16)18-11-5-6-13-10(9-11)7-8-17-13/h1-9,15,17-18H,(H,19,20). The quantitative estimate of drug-likeness (QED) is 0.664. The fraction of sp³-hybridized carbons (Fsp3) is 0.0625. The van der Waals surface area contributed by atoms with Crippen molar-refractivity contribution in [1.82, 2.24) is 4.98 Å². The van der Waals surface area contributed by atoms with Crippen LogP contribution >= 0.6 is 0 Å². The molecule has 0 saturated heterocycles. The minimum atomic E-state index is -0.331. The van der Waals surface area contributed by atoms with E-state index in [1.165, 1.54) is 0 Å². The summed E-state index contributed by atoms with van der Waals surface area (Å²) in [6.45, 7) is 0. The highest BCUT2D eigenvalue weighted by Crippen LogP contribution is 2.33. The minimum Gasteiger partial charge on any atom is -0.370 e. The summed E-state index contributed by atoms with van der Waals surface area (Å²) in [5.74, 6) is -0.0136. The van der Waals surface area contributed by atoms with Gasteiger partial charge >= 0.3 is 0 Å². The molecule has 0 saturated carbocycles. The molecule has 0 aliphatic carbocycles. The lowest BCUT2D eigenvalue weighted by atomic mass is 10.1. The molecule has 4 rings (SSSR count). The minimum absolute atomic E-state index is 0.0136. The summed E-state index contributed by atoms with van der Waals surface area (Å²) in [5.41, 5.74) is 3.91. The predicted octanol–water partition coefficient (Wildman–Crippen LogP) is 3.27. The van der Waals surface area contributed by atoms with Gasteiger partial charge in [-0.3, -0.25) is 4.79 Å². The van der Waals surface area contributed by atoms with Gasteiger partial charge in [-0.1, -0.05) is 18.2 Å². The summed E-state index contributed by atoms with van der Waals surface area (Å²) in [6.07, 6.45) is 1.91.